The standard InChI is InChI=1S/C43H45N5O6/c1-26-11-10-12-27(2)37(26)41(50)46-39-30(5)21-34(22-31(39)6)43(15-17-47(18-16-43)42(51)54-25-32-13-8-7-9-14-32)33-19-28(3)38(29(4)20-33)45-40(49)36-23-35(24-44-36)48(52)53/h7-14,19-24,44H,15-18,25H2,1-6H3,(H,45,49)(H,46,50). The molecule has 4 aromatic carbocycles. The van der Waals surface area contributed by atoms with Gasteiger partial charge in [0.1, 0.15) is 12.3 Å². The van der Waals surface area contributed by atoms with Crippen LogP contribution in [0.5, 0.6) is 0 Å². The molecule has 0 aliphatic carbocycles. The molecule has 1 aliphatic rings. The number of nitrogens with zero attached hydrogens (tertiary/aromatic N) is 2. The molecule has 54 heavy (non-hydrogen) atoms. The molecule has 0 atom stereocenters. The number of rotatable bonds is 9. The summed E-state index contributed by atoms with van der Waals surface area (Å²) in [5, 5.41) is 17.3. The number of hydrogen-bond donors (Lipinski definition) is 3. The molecule has 11 heteroatoms. The van der Waals surface area contributed by atoms with E-state index in [-0.39, 0.29) is 30.0 Å². The minimum atomic E-state index is -0.554. The molecule has 278 valence electrons. The zero-order valence-corrected chi connectivity index (χ0v) is 31.5. The van der Waals surface area contributed by atoms with E-state index in [0.717, 1.165) is 55.8 Å². The van der Waals surface area contributed by atoms with Crippen molar-refractivity contribution in [1.29, 1.82) is 0 Å². The van der Waals surface area contributed by atoms with Crippen LogP contribution < -0.4 is 10.6 Å². The van der Waals surface area contributed by atoms with Gasteiger partial charge in [-0.25, -0.2) is 4.79 Å². The number of amides is 3. The van der Waals surface area contributed by atoms with Crippen LogP contribution in [0, 0.1) is 51.7 Å². The van der Waals surface area contributed by atoms with Gasteiger partial charge in [-0.15, -0.1) is 0 Å². The molecule has 2 heterocycles. The predicted molar refractivity (Wildman–Crippen MR) is 209 cm³/mol. The van der Waals surface area contributed by atoms with Crippen molar-refractivity contribution >= 4 is 35.0 Å². The second kappa shape index (κ2) is 15.4. The Morgan fingerprint density at radius 1 is 0.741 bits per heavy atom. The smallest absolute Gasteiger partial charge is 0.410 e. The predicted octanol–water partition coefficient (Wildman–Crippen LogP) is 9.00. The zero-order valence-electron chi connectivity index (χ0n) is 31.5. The lowest BCUT2D eigenvalue weighted by atomic mass is 9.67. The van der Waals surface area contributed by atoms with Crippen LogP contribution in [0.1, 0.15) is 83.8 Å². The normalized spacial score (nSPS) is 13.6. The Labute approximate surface area is 314 Å². The van der Waals surface area contributed by atoms with Crippen LogP contribution in [0.2, 0.25) is 0 Å². The first-order valence-corrected chi connectivity index (χ1v) is 18.0. The molecule has 3 N–H and O–H groups in total. The Kier molecular flexibility index (Phi) is 10.7. The van der Waals surface area contributed by atoms with E-state index in [1.54, 1.807) is 4.90 Å². The molecule has 1 fully saturated rings. The van der Waals surface area contributed by atoms with Gasteiger partial charge in [0.15, 0.2) is 0 Å². The molecular formula is C43H45N5O6. The second-order valence-electron chi connectivity index (χ2n) is 14.3. The Morgan fingerprint density at radius 2 is 1.26 bits per heavy atom. The lowest BCUT2D eigenvalue weighted by Crippen LogP contribution is -2.46. The summed E-state index contributed by atoms with van der Waals surface area (Å²) in [5.74, 6) is -0.636. The molecule has 11 nitrogen and oxygen atoms in total. The summed E-state index contributed by atoms with van der Waals surface area (Å²) >= 11 is 0. The van der Waals surface area contributed by atoms with Crippen LogP contribution in [0.4, 0.5) is 21.9 Å². The van der Waals surface area contributed by atoms with Crippen LogP contribution in [-0.4, -0.2) is 45.8 Å². The number of carbonyl (C=O) groups is 3. The van der Waals surface area contributed by atoms with Crippen LogP contribution in [-0.2, 0) is 16.8 Å². The van der Waals surface area contributed by atoms with E-state index in [0.29, 0.717) is 37.2 Å². The Morgan fingerprint density at radius 3 is 1.76 bits per heavy atom. The van der Waals surface area contributed by atoms with Gasteiger partial charge >= 0.3 is 6.09 Å². The van der Waals surface area contributed by atoms with Gasteiger partial charge in [0.2, 0.25) is 0 Å². The van der Waals surface area contributed by atoms with Gasteiger partial charge in [0.25, 0.3) is 17.5 Å². The van der Waals surface area contributed by atoms with Crippen LogP contribution in [0.25, 0.3) is 0 Å². The molecule has 0 unspecified atom stereocenters. The van der Waals surface area contributed by atoms with Crippen molar-refractivity contribution in [3.05, 3.63) is 157 Å². The highest BCUT2D eigenvalue weighted by Crippen LogP contribution is 2.45. The first-order chi connectivity index (χ1) is 25.8. The molecule has 6 rings (SSSR count). The number of hydrogen-bond acceptors (Lipinski definition) is 6. The van der Waals surface area contributed by atoms with E-state index < -0.39 is 16.2 Å². The maximum absolute atomic E-state index is 13.6. The number of ether oxygens (including phenoxy) is 1. The van der Waals surface area contributed by atoms with Crippen molar-refractivity contribution < 1.29 is 24.0 Å². The molecule has 0 spiro atoms. The lowest BCUT2D eigenvalue weighted by molar-refractivity contribution is -0.384. The number of aromatic nitrogens is 1. The third-order valence-corrected chi connectivity index (χ3v) is 10.6. The summed E-state index contributed by atoms with van der Waals surface area (Å²) in [5.41, 5.74) is 9.76. The maximum atomic E-state index is 13.6. The SMILES string of the molecule is Cc1cc(C2(c3cc(C)c(NC(=O)c4c(C)cccc4C)c(C)c3)CCN(C(=O)OCc3ccccc3)CC2)cc(C)c1NC(=O)c1cc([N+](=O)[O-])c[nH]1. The Hall–Kier alpha value is -6.23. The van der Waals surface area contributed by atoms with Gasteiger partial charge in [-0.3, -0.25) is 19.7 Å². The van der Waals surface area contributed by atoms with Crippen molar-refractivity contribution in [2.75, 3.05) is 23.7 Å². The zero-order chi connectivity index (χ0) is 38.7. The second-order valence-corrected chi connectivity index (χ2v) is 14.3. The fourth-order valence-corrected chi connectivity index (χ4v) is 7.65. The molecule has 0 radical (unpaired) electrons. The molecule has 5 aromatic rings. The number of aryl methyl sites for hydroxylation is 6. The topological polar surface area (TPSA) is 147 Å². The fourth-order valence-electron chi connectivity index (χ4n) is 7.65. The van der Waals surface area contributed by atoms with E-state index in [1.807, 2.05) is 90.1 Å². The Bertz CT molecular complexity index is 2190. The van der Waals surface area contributed by atoms with Gasteiger partial charge in [-0.05, 0) is 104 Å². The maximum Gasteiger partial charge on any atom is 0.410 e. The fraction of sp³-hybridized carbons (Fsp3) is 0.279. The summed E-state index contributed by atoms with van der Waals surface area (Å²) in [4.78, 5) is 55.0. The first-order valence-electron chi connectivity index (χ1n) is 18.0. The van der Waals surface area contributed by atoms with E-state index in [4.69, 9.17) is 4.74 Å². The molecule has 1 aliphatic heterocycles. The summed E-state index contributed by atoms with van der Waals surface area (Å²) in [6, 6.07) is 25.0. The van der Waals surface area contributed by atoms with Gasteiger partial charge < -0.3 is 25.3 Å². The van der Waals surface area contributed by atoms with E-state index in [9.17, 15) is 24.5 Å². The highest BCUT2D eigenvalue weighted by Gasteiger charge is 2.40. The number of carbonyl (C=O) groups excluding carboxylic acids is 3. The lowest BCUT2D eigenvalue weighted by Gasteiger charge is -2.43. The van der Waals surface area contributed by atoms with Gasteiger partial charge in [0.05, 0.1) is 11.1 Å². The van der Waals surface area contributed by atoms with Crippen LogP contribution >= 0.6 is 0 Å². The van der Waals surface area contributed by atoms with Crippen molar-refractivity contribution in [2.45, 2.75) is 66.4 Å². The molecular weight excluding hydrogens is 683 g/mol. The number of aromatic amines is 1. The number of benzene rings is 4. The molecule has 1 saturated heterocycles. The highest BCUT2D eigenvalue weighted by atomic mass is 16.6. The number of nitrogens with one attached hydrogen (secondary N) is 3. The van der Waals surface area contributed by atoms with E-state index in [1.165, 1.54) is 12.3 Å². The number of piperidine rings is 1. The number of nitro groups is 1. The molecule has 1 aromatic heterocycles. The van der Waals surface area contributed by atoms with Crippen molar-refractivity contribution in [1.82, 2.24) is 9.88 Å². The minimum Gasteiger partial charge on any atom is -0.445 e. The number of H-pyrrole nitrogens is 1. The molecule has 0 saturated carbocycles. The number of anilines is 2. The van der Waals surface area contributed by atoms with E-state index in [2.05, 4.69) is 39.9 Å². The van der Waals surface area contributed by atoms with Crippen LogP contribution in [0.15, 0.2) is 85.1 Å². The summed E-state index contributed by atoms with van der Waals surface area (Å²) < 4.78 is 5.70. The monoisotopic (exact) mass is 727 g/mol. The summed E-state index contributed by atoms with van der Waals surface area (Å²) in [6.45, 7) is 12.8. The van der Waals surface area contributed by atoms with Crippen LogP contribution in [0.3, 0.4) is 0 Å². The van der Waals surface area contributed by atoms with Crippen molar-refractivity contribution in [2.24, 2.45) is 0 Å². The quantitative estimate of drug-likeness (QED) is 0.102. The largest absolute Gasteiger partial charge is 0.445 e. The third kappa shape index (κ3) is 7.61. The summed E-state index contributed by atoms with van der Waals surface area (Å²) in [7, 11) is 0. The third-order valence-electron chi connectivity index (χ3n) is 10.6. The van der Waals surface area contributed by atoms with E-state index >= 15 is 0 Å². The van der Waals surface area contributed by atoms with Crippen molar-refractivity contribution in [3.63, 3.8) is 0 Å². The minimum absolute atomic E-state index is 0.0864. The Balaban J connectivity index is 1.32. The van der Waals surface area contributed by atoms with Gasteiger partial charge in [-0.1, -0.05) is 72.8 Å². The molecule has 3 amide bonds. The van der Waals surface area contributed by atoms with Crippen molar-refractivity contribution in [3.8, 4) is 0 Å². The average Bonchev–Trinajstić information content (AvgIpc) is 3.65. The number of likely N-dealkylation sites (tertiary alicyclic amines) is 1. The highest BCUT2D eigenvalue weighted by molar-refractivity contribution is 6.07. The summed E-state index contributed by atoms with van der Waals surface area (Å²) in [6.07, 6.45) is 2.05. The molecule has 0 bridgehead atoms. The first kappa shape index (κ1) is 37.5. The van der Waals surface area contributed by atoms with Gasteiger partial charge in [-0.2, -0.15) is 0 Å². The van der Waals surface area contributed by atoms with Gasteiger partial charge in [0, 0.05) is 41.5 Å². The average molecular weight is 728 g/mol.